The van der Waals surface area contributed by atoms with Crippen molar-refractivity contribution in [2.24, 2.45) is 0 Å². The molecule has 0 bridgehead atoms. The molecule has 2 atom stereocenters. The van der Waals surface area contributed by atoms with Crippen LogP contribution in [0.1, 0.15) is 43.0 Å². The highest BCUT2D eigenvalue weighted by atomic mass is 16.5. The van der Waals surface area contributed by atoms with E-state index in [0.717, 1.165) is 39.9 Å². The molecule has 0 radical (unpaired) electrons. The van der Waals surface area contributed by atoms with Crippen LogP contribution >= 0.6 is 0 Å². The normalized spacial score (nSPS) is 23.1. The molecule has 1 aromatic heterocycles. The SMILES string of the molecule is CCCN1CC(=O)N2C[C@@H](c3ccccc3OC)c3c([nH]c4ccccc34)[C@@]2(C)C1=O. The molecule has 0 saturated carbocycles. The monoisotopic (exact) mass is 417 g/mol. The summed E-state index contributed by atoms with van der Waals surface area (Å²) in [6.07, 6.45) is 0.818. The van der Waals surface area contributed by atoms with Gasteiger partial charge in [-0.2, -0.15) is 0 Å². The Morgan fingerprint density at radius 1 is 1.13 bits per heavy atom. The van der Waals surface area contributed by atoms with E-state index < -0.39 is 5.54 Å². The number of carbonyl (C=O) groups excluding carboxylic acids is 2. The van der Waals surface area contributed by atoms with Gasteiger partial charge in [0.1, 0.15) is 5.75 Å². The number of hydrogen-bond donors (Lipinski definition) is 1. The molecule has 5 rings (SSSR count). The highest BCUT2D eigenvalue weighted by molar-refractivity contribution is 6.01. The first-order valence-corrected chi connectivity index (χ1v) is 10.8. The standard InChI is InChI=1S/C25H27N3O3/c1-4-13-27-15-21(29)28-14-18(16-9-6-8-12-20(16)31-3)22-17-10-5-7-11-19(17)26-23(22)25(28,2)24(27)30/h5-12,18,26H,4,13-15H2,1-3H3/t18-,25-/m0/s1. The van der Waals surface area contributed by atoms with Crippen molar-refractivity contribution >= 4 is 22.7 Å². The zero-order valence-corrected chi connectivity index (χ0v) is 18.1. The highest BCUT2D eigenvalue weighted by Crippen LogP contribution is 2.49. The van der Waals surface area contributed by atoms with Crippen LogP contribution in [-0.4, -0.2) is 53.3 Å². The van der Waals surface area contributed by atoms with Crippen LogP contribution in [0.25, 0.3) is 10.9 Å². The number of carbonyl (C=O) groups is 2. The van der Waals surface area contributed by atoms with E-state index >= 15 is 0 Å². The molecule has 0 aliphatic carbocycles. The molecule has 0 unspecified atom stereocenters. The molecule has 160 valence electrons. The molecule has 3 heterocycles. The maximum Gasteiger partial charge on any atom is 0.254 e. The maximum atomic E-state index is 13.7. The second-order valence-corrected chi connectivity index (χ2v) is 8.56. The Kier molecular flexibility index (Phi) is 4.54. The van der Waals surface area contributed by atoms with Crippen LogP contribution in [0, 0.1) is 0 Å². The van der Waals surface area contributed by atoms with Crippen LogP contribution in [-0.2, 0) is 15.1 Å². The Balaban J connectivity index is 1.78. The number of nitrogens with zero attached hydrogens (tertiary/aromatic N) is 2. The number of rotatable bonds is 4. The minimum Gasteiger partial charge on any atom is -0.496 e. The van der Waals surface area contributed by atoms with Crippen molar-refractivity contribution in [3.8, 4) is 5.75 Å². The number of hydrogen-bond acceptors (Lipinski definition) is 3. The third kappa shape index (κ3) is 2.70. The van der Waals surface area contributed by atoms with E-state index in [1.165, 1.54) is 0 Å². The summed E-state index contributed by atoms with van der Waals surface area (Å²) in [6.45, 7) is 5.08. The number of methoxy groups -OCH3 is 1. The van der Waals surface area contributed by atoms with Crippen molar-refractivity contribution < 1.29 is 14.3 Å². The number of aromatic nitrogens is 1. The van der Waals surface area contributed by atoms with Crippen LogP contribution in [0.4, 0.5) is 0 Å². The lowest BCUT2D eigenvalue weighted by Crippen LogP contribution is -2.67. The van der Waals surface area contributed by atoms with Crippen LogP contribution < -0.4 is 4.74 Å². The number of aromatic amines is 1. The summed E-state index contributed by atoms with van der Waals surface area (Å²) in [4.78, 5) is 34.0. The third-order valence-electron chi connectivity index (χ3n) is 6.83. The molecule has 2 aliphatic heterocycles. The quantitative estimate of drug-likeness (QED) is 0.705. The molecule has 0 spiro atoms. The number of H-pyrrole nitrogens is 1. The Hall–Kier alpha value is -3.28. The maximum absolute atomic E-state index is 13.7. The van der Waals surface area contributed by atoms with Gasteiger partial charge in [0.2, 0.25) is 5.91 Å². The molecular formula is C25H27N3O3. The molecule has 2 aliphatic rings. The van der Waals surface area contributed by atoms with E-state index in [1.54, 1.807) is 16.9 Å². The fraction of sp³-hybridized carbons (Fsp3) is 0.360. The van der Waals surface area contributed by atoms with Gasteiger partial charge >= 0.3 is 0 Å². The number of fused-ring (bicyclic) bond motifs is 5. The Morgan fingerprint density at radius 2 is 1.87 bits per heavy atom. The molecule has 3 aromatic rings. The molecule has 31 heavy (non-hydrogen) atoms. The molecule has 1 N–H and O–H groups in total. The van der Waals surface area contributed by atoms with E-state index in [1.807, 2.05) is 50.2 Å². The topological polar surface area (TPSA) is 65.6 Å². The molecule has 2 amide bonds. The van der Waals surface area contributed by atoms with Crippen molar-refractivity contribution in [3.63, 3.8) is 0 Å². The van der Waals surface area contributed by atoms with Crippen LogP contribution in [0.15, 0.2) is 48.5 Å². The van der Waals surface area contributed by atoms with Crippen molar-refractivity contribution in [2.45, 2.75) is 31.7 Å². The summed E-state index contributed by atoms with van der Waals surface area (Å²) < 4.78 is 5.67. The minimum atomic E-state index is -1.04. The van der Waals surface area contributed by atoms with Gasteiger partial charge in [0.15, 0.2) is 5.54 Å². The Labute approximate surface area is 181 Å². The van der Waals surface area contributed by atoms with Gasteiger partial charge in [-0.25, -0.2) is 0 Å². The first-order valence-electron chi connectivity index (χ1n) is 10.8. The van der Waals surface area contributed by atoms with Gasteiger partial charge in [0, 0.05) is 35.5 Å². The fourth-order valence-electron chi connectivity index (χ4n) is 5.36. The molecule has 2 aromatic carbocycles. The van der Waals surface area contributed by atoms with E-state index in [0.29, 0.717) is 13.1 Å². The molecule has 1 fully saturated rings. The van der Waals surface area contributed by atoms with Crippen molar-refractivity contribution in [1.82, 2.24) is 14.8 Å². The number of ether oxygens (including phenoxy) is 1. The van der Waals surface area contributed by atoms with Crippen LogP contribution in [0.2, 0.25) is 0 Å². The Morgan fingerprint density at radius 3 is 2.65 bits per heavy atom. The molecule has 6 nitrogen and oxygen atoms in total. The lowest BCUT2D eigenvalue weighted by molar-refractivity contribution is -0.166. The largest absolute Gasteiger partial charge is 0.496 e. The summed E-state index contributed by atoms with van der Waals surface area (Å²) in [7, 11) is 1.67. The zero-order valence-electron chi connectivity index (χ0n) is 18.1. The smallest absolute Gasteiger partial charge is 0.254 e. The summed E-state index contributed by atoms with van der Waals surface area (Å²) in [5.74, 6) is 0.667. The summed E-state index contributed by atoms with van der Waals surface area (Å²) in [6, 6.07) is 16.1. The second-order valence-electron chi connectivity index (χ2n) is 8.56. The average molecular weight is 418 g/mol. The van der Waals surface area contributed by atoms with Crippen molar-refractivity contribution in [3.05, 3.63) is 65.4 Å². The van der Waals surface area contributed by atoms with Crippen LogP contribution in [0.5, 0.6) is 5.75 Å². The first kappa shape index (κ1) is 19.7. The number of piperazine rings is 1. The van der Waals surface area contributed by atoms with Gasteiger partial charge < -0.3 is 19.5 Å². The summed E-state index contributed by atoms with van der Waals surface area (Å²) >= 11 is 0. The Bertz CT molecular complexity index is 1180. The predicted octanol–water partition coefficient (Wildman–Crippen LogP) is 3.62. The predicted molar refractivity (Wildman–Crippen MR) is 119 cm³/mol. The average Bonchev–Trinajstić information content (AvgIpc) is 3.18. The van der Waals surface area contributed by atoms with E-state index in [4.69, 9.17) is 4.74 Å². The molecule has 6 heteroatoms. The van der Waals surface area contributed by atoms with E-state index in [-0.39, 0.29) is 24.3 Å². The van der Waals surface area contributed by atoms with E-state index in [2.05, 4.69) is 17.1 Å². The van der Waals surface area contributed by atoms with E-state index in [9.17, 15) is 9.59 Å². The highest BCUT2D eigenvalue weighted by Gasteiger charge is 2.56. The number of amides is 2. The van der Waals surface area contributed by atoms with Crippen molar-refractivity contribution in [1.29, 1.82) is 0 Å². The van der Waals surface area contributed by atoms with Gasteiger partial charge in [-0.3, -0.25) is 9.59 Å². The van der Waals surface area contributed by atoms with Gasteiger partial charge in [-0.15, -0.1) is 0 Å². The number of benzene rings is 2. The first-order chi connectivity index (χ1) is 15.0. The second kappa shape index (κ2) is 7.15. The van der Waals surface area contributed by atoms with Crippen molar-refractivity contribution in [2.75, 3.05) is 26.7 Å². The van der Waals surface area contributed by atoms with Gasteiger partial charge in [-0.1, -0.05) is 43.3 Å². The lowest BCUT2D eigenvalue weighted by Gasteiger charge is -2.51. The minimum absolute atomic E-state index is 0.0137. The lowest BCUT2D eigenvalue weighted by atomic mass is 9.76. The summed E-state index contributed by atoms with van der Waals surface area (Å²) in [5.41, 5.74) is 2.85. The number of para-hydroxylation sites is 2. The number of nitrogens with one attached hydrogen (secondary N) is 1. The van der Waals surface area contributed by atoms with Gasteiger partial charge in [-0.05, 0) is 31.0 Å². The molecule has 1 saturated heterocycles. The zero-order chi connectivity index (χ0) is 21.8. The fourth-order valence-corrected chi connectivity index (χ4v) is 5.36. The molecular weight excluding hydrogens is 390 g/mol. The summed E-state index contributed by atoms with van der Waals surface area (Å²) in [5, 5.41) is 1.09. The van der Waals surface area contributed by atoms with Crippen LogP contribution in [0.3, 0.4) is 0 Å². The van der Waals surface area contributed by atoms with Gasteiger partial charge in [0.25, 0.3) is 5.91 Å². The van der Waals surface area contributed by atoms with Gasteiger partial charge in [0.05, 0.1) is 19.3 Å². The third-order valence-corrected chi connectivity index (χ3v) is 6.83.